The zero-order valence-electron chi connectivity index (χ0n) is 9.37. The molecule has 0 N–H and O–H groups in total. The van der Waals surface area contributed by atoms with Gasteiger partial charge in [0.25, 0.3) is 7.63 Å². The highest BCUT2D eigenvalue weighted by molar-refractivity contribution is 7.16. The Balaban J connectivity index is 2.27. The van der Waals surface area contributed by atoms with Gasteiger partial charge in [-0.25, -0.2) is 0 Å². The summed E-state index contributed by atoms with van der Waals surface area (Å²) in [6.45, 7) is 4.78. The Morgan fingerprint density at radius 2 is 2.07 bits per heavy atom. The summed E-state index contributed by atoms with van der Waals surface area (Å²) in [4.78, 5) is 3.99. The van der Waals surface area contributed by atoms with Gasteiger partial charge >= 0.3 is 0 Å². The highest BCUT2D eigenvalue weighted by Crippen LogP contribution is 2.19. The second-order valence-corrected chi connectivity index (χ2v) is 9.13. The molecule has 15 heavy (non-hydrogen) atoms. The Labute approximate surface area is 97.5 Å². The van der Waals surface area contributed by atoms with Crippen molar-refractivity contribution in [3.63, 3.8) is 0 Å². The average molecular weight is 244 g/mol. The zero-order chi connectivity index (χ0) is 11.1. The van der Waals surface area contributed by atoms with E-state index in [0.29, 0.717) is 0 Å². The average Bonchev–Trinajstić information content (AvgIpc) is 2.19. The molecule has 4 heteroatoms. The summed E-state index contributed by atoms with van der Waals surface area (Å²) < 4.78 is 5.56. The van der Waals surface area contributed by atoms with E-state index in [1.54, 1.807) is 0 Å². The van der Waals surface area contributed by atoms with Gasteiger partial charge in [-0.15, -0.1) is 11.1 Å². The van der Waals surface area contributed by atoms with Crippen molar-refractivity contribution < 1.29 is 4.43 Å². The lowest BCUT2D eigenvalue weighted by atomic mass is 10.2. The standard InChI is InChI=1S/C11H18ClNOSi/c1-3-14-15(2,12)10-4-5-11-6-8-13-9-7-11/h6-9H,3-5,10H2,1-2H3. The molecular weight excluding hydrogens is 226 g/mol. The number of halogens is 1. The van der Waals surface area contributed by atoms with E-state index in [1.807, 2.05) is 31.5 Å². The minimum atomic E-state index is -1.90. The Hall–Kier alpha value is -0.383. The molecule has 2 nitrogen and oxygen atoms in total. The van der Waals surface area contributed by atoms with Crippen LogP contribution in [-0.4, -0.2) is 19.2 Å². The largest absolute Gasteiger partial charge is 0.403 e. The molecule has 0 bridgehead atoms. The van der Waals surface area contributed by atoms with Crippen LogP contribution in [0.15, 0.2) is 24.5 Å². The van der Waals surface area contributed by atoms with Gasteiger partial charge in [0.05, 0.1) is 0 Å². The van der Waals surface area contributed by atoms with E-state index in [0.717, 1.165) is 25.5 Å². The monoisotopic (exact) mass is 243 g/mol. The number of aromatic nitrogens is 1. The molecule has 0 saturated carbocycles. The van der Waals surface area contributed by atoms with Crippen LogP contribution in [0.3, 0.4) is 0 Å². The van der Waals surface area contributed by atoms with Crippen LogP contribution in [0.5, 0.6) is 0 Å². The normalized spacial score (nSPS) is 14.9. The Kier molecular flexibility index (Phi) is 5.29. The predicted molar refractivity (Wildman–Crippen MR) is 66.5 cm³/mol. The topological polar surface area (TPSA) is 22.1 Å². The summed E-state index contributed by atoms with van der Waals surface area (Å²) in [5.74, 6) is 0. The molecule has 1 rings (SSSR count). The number of nitrogens with zero attached hydrogens (tertiary/aromatic N) is 1. The molecule has 1 unspecified atom stereocenters. The molecular formula is C11H18ClNOSi. The van der Waals surface area contributed by atoms with Gasteiger partial charge in [0.1, 0.15) is 0 Å². The number of aryl methyl sites for hydroxylation is 1. The van der Waals surface area contributed by atoms with E-state index in [4.69, 9.17) is 15.5 Å². The SMILES string of the molecule is CCO[Si](C)(Cl)CCCc1ccncc1. The summed E-state index contributed by atoms with van der Waals surface area (Å²) in [5.41, 5.74) is 1.32. The van der Waals surface area contributed by atoms with Crippen LogP contribution in [0.1, 0.15) is 18.9 Å². The van der Waals surface area contributed by atoms with Gasteiger partial charge in [-0.05, 0) is 50.1 Å². The summed E-state index contributed by atoms with van der Waals surface area (Å²) in [6, 6.07) is 5.10. The predicted octanol–water partition coefficient (Wildman–Crippen LogP) is 3.36. The fourth-order valence-electron chi connectivity index (χ4n) is 1.53. The van der Waals surface area contributed by atoms with Crippen molar-refractivity contribution in [1.29, 1.82) is 0 Å². The fourth-order valence-corrected chi connectivity index (χ4v) is 3.81. The van der Waals surface area contributed by atoms with Crippen molar-refractivity contribution in [2.75, 3.05) is 6.61 Å². The third-order valence-corrected chi connectivity index (χ3v) is 5.31. The van der Waals surface area contributed by atoms with Gasteiger partial charge in [-0.3, -0.25) is 4.98 Å². The molecule has 0 amide bonds. The third-order valence-electron chi connectivity index (χ3n) is 2.28. The maximum Gasteiger partial charge on any atom is 0.286 e. The third kappa shape index (κ3) is 5.30. The number of pyridine rings is 1. The van der Waals surface area contributed by atoms with E-state index >= 15 is 0 Å². The van der Waals surface area contributed by atoms with E-state index < -0.39 is 7.63 Å². The van der Waals surface area contributed by atoms with Gasteiger partial charge in [-0.2, -0.15) is 0 Å². The summed E-state index contributed by atoms with van der Waals surface area (Å²) in [7, 11) is -1.90. The lowest BCUT2D eigenvalue weighted by Gasteiger charge is -2.18. The quantitative estimate of drug-likeness (QED) is 0.565. The summed E-state index contributed by atoms with van der Waals surface area (Å²) in [5, 5.41) is 0. The Morgan fingerprint density at radius 3 is 2.67 bits per heavy atom. The molecule has 0 saturated heterocycles. The van der Waals surface area contributed by atoms with Gasteiger partial charge < -0.3 is 4.43 Å². The van der Waals surface area contributed by atoms with Crippen LogP contribution in [0, 0.1) is 0 Å². The molecule has 84 valence electrons. The Bertz CT molecular complexity index is 279. The van der Waals surface area contributed by atoms with Crippen molar-refractivity contribution >= 4 is 18.7 Å². The van der Waals surface area contributed by atoms with Crippen molar-refractivity contribution in [2.45, 2.75) is 32.4 Å². The lowest BCUT2D eigenvalue weighted by molar-refractivity contribution is 0.338. The van der Waals surface area contributed by atoms with Crippen molar-refractivity contribution in [3.05, 3.63) is 30.1 Å². The van der Waals surface area contributed by atoms with E-state index in [-0.39, 0.29) is 0 Å². The molecule has 0 aliphatic heterocycles. The summed E-state index contributed by atoms with van der Waals surface area (Å²) >= 11 is 6.31. The molecule has 1 aromatic rings. The van der Waals surface area contributed by atoms with Crippen LogP contribution in [0.25, 0.3) is 0 Å². The van der Waals surface area contributed by atoms with Crippen LogP contribution >= 0.6 is 11.1 Å². The minimum Gasteiger partial charge on any atom is -0.403 e. The van der Waals surface area contributed by atoms with Gasteiger partial charge in [0.2, 0.25) is 0 Å². The number of hydrogen-bond acceptors (Lipinski definition) is 2. The van der Waals surface area contributed by atoms with Gasteiger partial charge in [0, 0.05) is 19.0 Å². The number of rotatable bonds is 6. The van der Waals surface area contributed by atoms with Crippen molar-refractivity contribution in [2.24, 2.45) is 0 Å². The van der Waals surface area contributed by atoms with Gasteiger partial charge in [0.15, 0.2) is 0 Å². The molecule has 0 radical (unpaired) electrons. The zero-order valence-corrected chi connectivity index (χ0v) is 11.1. The highest BCUT2D eigenvalue weighted by Gasteiger charge is 2.24. The van der Waals surface area contributed by atoms with E-state index in [2.05, 4.69) is 11.5 Å². The van der Waals surface area contributed by atoms with Crippen LogP contribution in [-0.2, 0) is 10.8 Å². The second kappa shape index (κ2) is 6.25. The first kappa shape index (κ1) is 12.7. The Morgan fingerprint density at radius 1 is 1.40 bits per heavy atom. The molecule has 0 aliphatic rings. The smallest absolute Gasteiger partial charge is 0.286 e. The molecule has 0 aromatic carbocycles. The van der Waals surface area contributed by atoms with Crippen LogP contribution < -0.4 is 0 Å². The fraction of sp³-hybridized carbons (Fsp3) is 0.545. The molecule has 0 fully saturated rings. The number of hydrogen-bond donors (Lipinski definition) is 0. The minimum absolute atomic E-state index is 0.724. The second-order valence-electron chi connectivity index (χ2n) is 3.74. The maximum absolute atomic E-state index is 6.31. The first-order valence-corrected chi connectivity index (χ1v) is 8.98. The van der Waals surface area contributed by atoms with E-state index in [9.17, 15) is 0 Å². The molecule has 1 atom stereocenters. The highest BCUT2D eigenvalue weighted by atomic mass is 35.6. The van der Waals surface area contributed by atoms with E-state index in [1.165, 1.54) is 5.56 Å². The molecule has 0 aliphatic carbocycles. The van der Waals surface area contributed by atoms with Crippen molar-refractivity contribution in [1.82, 2.24) is 4.98 Å². The first-order valence-electron chi connectivity index (χ1n) is 5.36. The van der Waals surface area contributed by atoms with Crippen molar-refractivity contribution in [3.8, 4) is 0 Å². The maximum atomic E-state index is 6.31. The van der Waals surface area contributed by atoms with Crippen LogP contribution in [0.2, 0.25) is 12.6 Å². The first-order chi connectivity index (χ1) is 7.14. The molecule has 0 spiro atoms. The summed E-state index contributed by atoms with van der Waals surface area (Å²) in [6.07, 6.45) is 5.81. The van der Waals surface area contributed by atoms with Gasteiger partial charge in [-0.1, -0.05) is 0 Å². The molecule has 1 aromatic heterocycles. The molecule has 1 heterocycles. The lowest BCUT2D eigenvalue weighted by Crippen LogP contribution is -2.27. The van der Waals surface area contributed by atoms with Crippen LogP contribution in [0.4, 0.5) is 0 Å².